The number of fused-ring (bicyclic) bond motifs is 1. The van der Waals surface area contributed by atoms with E-state index in [1.54, 1.807) is 6.26 Å². The predicted octanol–water partition coefficient (Wildman–Crippen LogP) is 4.46. The summed E-state index contributed by atoms with van der Waals surface area (Å²) >= 11 is 0. The van der Waals surface area contributed by atoms with Gasteiger partial charge in [-0.15, -0.1) is 0 Å². The van der Waals surface area contributed by atoms with Crippen LogP contribution in [0.5, 0.6) is 0 Å². The van der Waals surface area contributed by atoms with Crippen LogP contribution in [0.25, 0.3) is 16.7 Å². The molecule has 0 atom stereocenters. The minimum absolute atomic E-state index is 0.121. The molecular weight excluding hydrogens is 274 g/mol. The number of anilines is 1. The van der Waals surface area contributed by atoms with Gasteiger partial charge in [-0.05, 0) is 44.0 Å². The van der Waals surface area contributed by atoms with Crippen molar-refractivity contribution < 1.29 is 9.53 Å². The average molecular weight is 293 g/mol. The Labute approximate surface area is 130 Å². The van der Waals surface area contributed by atoms with Crippen LogP contribution in [0.2, 0.25) is 0 Å². The Hall–Kier alpha value is -2.55. The van der Waals surface area contributed by atoms with Gasteiger partial charge >= 0.3 is 0 Å². The van der Waals surface area contributed by atoms with Crippen LogP contribution in [0, 0.1) is 0 Å². The maximum atomic E-state index is 12.1. The number of benzene rings is 2. The molecule has 0 spiro atoms. The van der Waals surface area contributed by atoms with Gasteiger partial charge < -0.3 is 10.1 Å². The second-order valence-corrected chi connectivity index (χ2v) is 6.34. The highest BCUT2D eigenvalue weighted by Gasteiger charge is 2.25. The highest BCUT2D eigenvalue weighted by atomic mass is 16.5. The molecule has 3 rings (SSSR count). The highest BCUT2D eigenvalue weighted by Crippen LogP contribution is 2.35. The van der Waals surface area contributed by atoms with Gasteiger partial charge in [0.25, 0.3) is 5.91 Å². The van der Waals surface area contributed by atoms with Gasteiger partial charge in [0.05, 0.1) is 17.4 Å². The van der Waals surface area contributed by atoms with E-state index in [0.29, 0.717) is 5.57 Å². The topological polar surface area (TPSA) is 38.3 Å². The van der Waals surface area contributed by atoms with E-state index in [-0.39, 0.29) is 11.5 Å². The van der Waals surface area contributed by atoms with E-state index in [2.05, 4.69) is 17.4 Å². The molecule has 1 heterocycles. The van der Waals surface area contributed by atoms with E-state index in [0.717, 1.165) is 22.4 Å². The molecule has 2 aromatic carbocycles. The van der Waals surface area contributed by atoms with Crippen molar-refractivity contribution >= 4 is 17.2 Å². The lowest BCUT2D eigenvalue weighted by Crippen LogP contribution is -2.16. The summed E-state index contributed by atoms with van der Waals surface area (Å²) in [6.07, 6.45) is 1.57. The number of rotatable bonds is 2. The number of carbonyl (C=O) groups is 1. The molecule has 0 aromatic heterocycles. The maximum Gasteiger partial charge on any atom is 0.259 e. The highest BCUT2D eigenvalue weighted by molar-refractivity contribution is 6.31. The minimum atomic E-state index is -0.326. The van der Waals surface area contributed by atoms with Gasteiger partial charge in [-0.3, -0.25) is 4.79 Å². The summed E-state index contributed by atoms with van der Waals surface area (Å²) in [4.78, 5) is 12.1. The van der Waals surface area contributed by atoms with Gasteiger partial charge in [0, 0.05) is 11.3 Å². The van der Waals surface area contributed by atoms with Crippen LogP contribution in [-0.4, -0.2) is 11.5 Å². The molecule has 112 valence electrons. The van der Waals surface area contributed by atoms with Gasteiger partial charge in [0.2, 0.25) is 0 Å². The quantitative estimate of drug-likeness (QED) is 0.655. The summed E-state index contributed by atoms with van der Waals surface area (Å²) in [6.45, 7) is 5.87. The van der Waals surface area contributed by atoms with E-state index >= 15 is 0 Å². The summed E-state index contributed by atoms with van der Waals surface area (Å²) in [5, 5.41) is 2.88. The molecule has 0 bridgehead atoms. The van der Waals surface area contributed by atoms with Gasteiger partial charge in [-0.1, -0.05) is 36.4 Å². The molecule has 1 N–H and O–H groups in total. The van der Waals surface area contributed by atoms with E-state index < -0.39 is 0 Å². The molecule has 1 amide bonds. The third-order valence-corrected chi connectivity index (χ3v) is 3.44. The molecule has 0 unspecified atom stereocenters. The van der Waals surface area contributed by atoms with E-state index in [1.807, 2.05) is 57.2 Å². The summed E-state index contributed by atoms with van der Waals surface area (Å²) < 4.78 is 5.66. The maximum absolute atomic E-state index is 12.1. The molecule has 3 nitrogen and oxygen atoms in total. The van der Waals surface area contributed by atoms with Crippen molar-refractivity contribution in [2.75, 3.05) is 5.32 Å². The monoisotopic (exact) mass is 293 g/mol. The molecular formula is C19H19NO2. The smallest absolute Gasteiger partial charge is 0.259 e. The summed E-state index contributed by atoms with van der Waals surface area (Å²) in [6, 6.07) is 16.1. The molecule has 22 heavy (non-hydrogen) atoms. The fourth-order valence-corrected chi connectivity index (χ4v) is 2.35. The van der Waals surface area contributed by atoms with Gasteiger partial charge in [-0.2, -0.15) is 0 Å². The third kappa shape index (κ3) is 2.89. The first-order valence-corrected chi connectivity index (χ1v) is 7.33. The van der Waals surface area contributed by atoms with Crippen LogP contribution in [-0.2, 0) is 9.53 Å². The fraction of sp³-hybridized carbons (Fsp3) is 0.211. The van der Waals surface area contributed by atoms with Gasteiger partial charge in [0.1, 0.15) is 0 Å². The van der Waals surface area contributed by atoms with Crippen molar-refractivity contribution in [3.63, 3.8) is 0 Å². The van der Waals surface area contributed by atoms with Gasteiger partial charge in [0.15, 0.2) is 0 Å². The lowest BCUT2D eigenvalue weighted by molar-refractivity contribution is -0.110. The van der Waals surface area contributed by atoms with E-state index in [4.69, 9.17) is 4.74 Å². The largest absolute Gasteiger partial charge is 0.495 e. The van der Waals surface area contributed by atoms with Crippen LogP contribution in [0.15, 0.2) is 54.8 Å². The zero-order valence-electron chi connectivity index (χ0n) is 13.0. The first-order valence-electron chi connectivity index (χ1n) is 7.33. The molecule has 3 heteroatoms. The Morgan fingerprint density at radius 1 is 1.00 bits per heavy atom. The SMILES string of the molecule is CC(C)(C)OC=C1C(=O)Nc2ccc(-c3ccccc3)cc21. The lowest BCUT2D eigenvalue weighted by Gasteiger charge is -2.18. The van der Waals surface area contributed by atoms with Crippen molar-refractivity contribution in [2.45, 2.75) is 26.4 Å². The molecule has 0 saturated heterocycles. The fourth-order valence-electron chi connectivity index (χ4n) is 2.35. The second-order valence-electron chi connectivity index (χ2n) is 6.34. The Morgan fingerprint density at radius 2 is 1.73 bits per heavy atom. The summed E-state index contributed by atoms with van der Waals surface area (Å²) in [7, 11) is 0. The number of nitrogens with one attached hydrogen (secondary N) is 1. The van der Waals surface area contributed by atoms with Crippen molar-refractivity contribution in [3.8, 4) is 11.1 Å². The first kappa shape index (κ1) is 14.4. The van der Waals surface area contributed by atoms with E-state index in [1.165, 1.54) is 0 Å². The van der Waals surface area contributed by atoms with Crippen molar-refractivity contribution in [1.29, 1.82) is 0 Å². The zero-order valence-corrected chi connectivity index (χ0v) is 13.0. The Kier molecular flexibility index (Phi) is 3.49. The summed E-state index contributed by atoms with van der Waals surface area (Å²) in [5.41, 5.74) is 4.16. The Bertz CT molecular complexity index is 740. The Morgan fingerprint density at radius 3 is 2.41 bits per heavy atom. The standard InChI is InChI=1S/C19H19NO2/c1-19(2,3)22-12-16-15-11-14(13-7-5-4-6-8-13)9-10-17(15)20-18(16)21/h4-12H,1-3H3,(H,20,21). The number of ether oxygens (including phenoxy) is 1. The molecule has 0 fully saturated rings. The van der Waals surface area contributed by atoms with Crippen LogP contribution >= 0.6 is 0 Å². The number of carbonyl (C=O) groups excluding carboxylic acids is 1. The molecule has 0 radical (unpaired) electrons. The van der Waals surface area contributed by atoms with Crippen LogP contribution < -0.4 is 5.32 Å². The summed E-state index contributed by atoms with van der Waals surface area (Å²) in [5.74, 6) is -0.121. The first-order chi connectivity index (χ1) is 10.4. The lowest BCUT2D eigenvalue weighted by atomic mass is 10.00. The van der Waals surface area contributed by atoms with Crippen LogP contribution in [0.3, 0.4) is 0 Å². The van der Waals surface area contributed by atoms with Crippen LogP contribution in [0.4, 0.5) is 5.69 Å². The third-order valence-electron chi connectivity index (χ3n) is 3.44. The van der Waals surface area contributed by atoms with E-state index in [9.17, 15) is 4.79 Å². The number of amides is 1. The molecule has 1 aliphatic heterocycles. The number of hydrogen-bond donors (Lipinski definition) is 1. The van der Waals surface area contributed by atoms with Gasteiger partial charge in [-0.25, -0.2) is 0 Å². The zero-order chi connectivity index (χ0) is 15.7. The Balaban J connectivity index is 2.01. The number of hydrogen-bond acceptors (Lipinski definition) is 2. The van der Waals surface area contributed by atoms with Crippen LogP contribution in [0.1, 0.15) is 26.3 Å². The second kappa shape index (κ2) is 5.34. The van der Waals surface area contributed by atoms with Crippen molar-refractivity contribution in [2.24, 2.45) is 0 Å². The molecule has 0 aliphatic carbocycles. The molecule has 1 aliphatic rings. The molecule has 0 saturated carbocycles. The normalized spacial score (nSPS) is 15.6. The van der Waals surface area contributed by atoms with Crippen molar-refractivity contribution in [1.82, 2.24) is 0 Å². The average Bonchev–Trinajstić information content (AvgIpc) is 2.80. The molecule has 2 aromatic rings. The van der Waals surface area contributed by atoms with Crippen molar-refractivity contribution in [3.05, 3.63) is 60.4 Å². The minimum Gasteiger partial charge on any atom is -0.495 e. The predicted molar refractivity (Wildman–Crippen MR) is 89.3 cm³/mol.